The molecule has 1 aliphatic heterocycles. The lowest BCUT2D eigenvalue weighted by atomic mass is 9.94. The average Bonchev–Trinajstić information content (AvgIpc) is 2.58. The zero-order valence-electron chi connectivity index (χ0n) is 12.5. The van der Waals surface area contributed by atoms with Crippen molar-refractivity contribution in [2.24, 2.45) is 0 Å². The molecule has 0 saturated carbocycles. The fourth-order valence-electron chi connectivity index (χ4n) is 2.49. The van der Waals surface area contributed by atoms with Crippen LogP contribution in [-0.2, 0) is 4.79 Å². The van der Waals surface area contributed by atoms with E-state index in [-0.39, 0.29) is 5.75 Å². The van der Waals surface area contributed by atoms with Crippen LogP contribution in [0, 0.1) is 0 Å². The summed E-state index contributed by atoms with van der Waals surface area (Å²) in [5.74, 6) is -0.973. The number of carbonyl (C=O) groups excluding carboxylic acids is 2. The van der Waals surface area contributed by atoms with Crippen molar-refractivity contribution in [3.63, 3.8) is 0 Å². The molecule has 4 N–H and O–H groups in total. The summed E-state index contributed by atoms with van der Waals surface area (Å²) >= 11 is 12.7. The Kier molecular flexibility index (Phi) is 4.95. The molecule has 0 bridgehead atoms. The fraction of sp³-hybridized carbons (Fsp3) is 0.125. The molecule has 25 heavy (non-hydrogen) atoms. The monoisotopic (exact) mass is 487 g/mol. The molecule has 2 aromatic rings. The molecule has 0 spiro atoms. The quantitative estimate of drug-likeness (QED) is 0.350. The highest BCUT2D eigenvalue weighted by Gasteiger charge is 2.49. The third-order valence-electron chi connectivity index (χ3n) is 3.80. The van der Waals surface area contributed by atoms with E-state index in [9.17, 15) is 14.7 Å². The lowest BCUT2D eigenvalue weighted by Crippen LogP contribution is -2.63. The number of β-lactam (4-membered cyclic amide) rings is 1. The van der Waals surface area contributed by atoms with Gasteiger partial charge < -0.3 is 10.8 Å². The van der Waals surface area contributed by atoms with Crippen LogP contribution in [0.5, 0.6) is 5.75 Å². The van der Waals surface area contributed by atoms with Crippen molar-refractivity contribution in [2.45, 2.75) is 11.4 Å². The van der Waals surface area contributed by atoms with Gasteiger partial charge in [-0.15, -0.1) is 11.6 Å². The number of anilines is 1. The standard InChI is InChI=1S/C16H12Br2ClN3O3/c17-8-5-10(14(23)11(18)6-8)13-12(19)16(25)22(13)21-15(24)7-1-3-9(20)4-2-7/h1-6,12-13,23H,20H2,(H,21,24)/t12-,13+/m1/s1. The molecular formula is C16H12Br2ClN3O3. The van der Waals surface area contributed by atoms with Gasteiger partial charge in [-0.2, -0.15) is 0 Å². The molecule has 2 aromatic carbocycles. The van der Waals surface area contributed by atoms with Crippen molar-refractivity contribution in [2.75, 3.05) is 5.73 Å². The smallest absolute Gasteiger partial charge is 0.269 e. The highest BCUT2D eigenvalue weighted by atomic mass is 79.9. The maximum atomic E-state index is 12.3. The van der Waals surface area contributed by atoms with Gasteiger partial charge in [-0.1, -0.05) is 15.9 Å². The average molecular weight is 490 g/mol. The molecule has 1 fully saturated rings. The van der Waals surface area contributed by atoms with E-state index in [4.69, 9.17) is 17.3 Å². The van der Waals surface area contributed by atoms with E-state index in [2.05, 4.69) is 37.3 Å². The molecule has 1 aliphatic rings. The molecule has 9 heteroatoms. The van der Waals surface area contributed by atoms with Gasteiger partial charge in [-0.25, -0.2) is 5.01 Å². The molecular weight excluding hydrogens is 477 g/mol. The number of benzene rings is 2. The molecule has 130 valence electrons. The number of nitrogens with two attached hydrogens (primary N) is 1. The Hall–Kier alpha value is -1.77. The van der Waals surface area contributed by atoms with Crippen molar-refractivity contribution in [1.29, 1.82) is 0 Å². The number of phenols is 1. The minimum atomic E-state index is -0.890. The number of amides is 2. The van der Waals surface area contributed by atoms with Crippen LogP contribution in [0.1, 0.15) is 22.0 Å². The van der Waals surface area contributed by atoms with Crippen LogP contribution in [0.3, 0.4) is 0 Å². The number of rotatable bonds is 3. The molecule has 2 amide bonds. The number of phenolic OH excluding ortho intramolecular Hbond substituents is 1. The lowest BCUT2D eigenvalue weighted by molar-refractivity contribution is -0.149. The number of nitrogens with one attached hydrogen (secondary N) is 1. The summed E-state index contributed by atoms with van der Waals surface area (Å²) < 4.78 is 1.14. The first-order valence-corrected chi connectivity index (χ1v) is 9.13. The number of hydrogen-bond donors (Lipinski definition) is 3. The number of hydrogen-bond acceptors (Lipinski definition) is 4. The second kappa shape index (κ2) is 6.86. The summed E-state index contributed by atoms with van der Waals surface area (Å²) in [6.07, 6.45) is 0. The maximum absolute atomic E-state index is 12.3. The van der Waals surface area contributed by atoms with E-state index in [1.165, 1.54) is 0 Å². The van der Waals surface area contributed by atoms with Crippen LogP contribution >= 0.6 is 43.5 Å². The Morgan fingerprint density at radius 1 is 1.24 bits per heavy atom. The van der Waals surface area contributed by atoms with Gasteiger partial charge in [0.25, 0.3) is 11.8 Å². The molecule has 2 atom stereocenters. The second-order valence-corrected chi connectivity index (χ2v) is 7.68. The summed E-state index contributed by atoms with van der Waals surface area (Å²) in [5, 5.41) is 10.5. The zero-order valence-corrected chi connectivity index (χ0v) is 16.5. The summed E-state index contributed by atoms with van der Waals surface area (Å²) in [5.41, 5.74) is 9.41. The first-order valence-electron chi connectivity index (χ1n) is 7.11. The van der Waals surface area contributed by atoms with Gasteiger partial charge in [0.05, 0.1) is 4.47 Å². The highest BCUT2D eigenvalue weighted by molar-refractivity contribution is 9.11. The maximum Gasteiger partial charge on any atom is 0.269 e. The topological polar surface area (TPSA) is 95.7 Å². The van der Waals surface area contributed by atoms with Gasteiger partial charge in [0.15, 0.2) is 0 Å². The van der Waals surface area contributed by atoms with Gasteiger partial charge in [0.1, 0.15) is 17.2 Å². The van der Waals surface area contributed by atoms with Crippen molar-refractivity contribution in [1.82, 2.24) is 10.4 Å². The second-order valence-electron chi connectivity index (χ2n) is 5.44. The van der Waals surface area contributed by atoms with Gasteiger partial charge in [0.2, 0.25) is 0 Å². The Morgan fingerprint density at radius 3 is 2.52 bits per heavy atom. The summed E-state index contributed by atoms with van der Waals surface area (Å²) in [7, 11) is 0. The van der Waals surface area contributed by atoms with Crippen molar-refractivity contribution < 1.29 is 14.7 Å². The van der Waals surface area contributed by atoms with Crippen LogP contribution in [0.25, 0.3) is 0 Å². The Morgan fingerprint density at radius 2 is 1.88 bits per heavy atom. The summed E-state index contributed by atoms with van der Waals surface area (Å²) in [4.78, 5) is 24.4. The van der Waals surface area contributed by atoms with Crippen LogP contribution in [-0.4, -0.2) is 27.3 Å². The third-order valence-corrected chi connectivity index (χ3v) is 5.29. The van der Waals surface area contributed by atoms with Crippen LogP contribution in [0.4, 0.5) is 5.69 Å². The van der Waals surface area contributed by atoms with E-state index < -0.39 is 23.2 Å². The van der Waals surface area contributed by atoms with E-state index in [0.29, 0.717) is 25.8 Å². The van der Waals surface area contributed by atoms with Gasteiger partial charge >= 0.3 is 0 Å². The van der Waals surface area contributed by atoms with E-state index in [1.54, 1.807) is 36.4 Å². The normalized spacial score (nSPS) is 19.5. The summed E-state index contributed by atoms with van der Waals surface area (Å²) in [6.45, 7) is 0. The lowest BCUT2D eigenvalue weighted by Gasteiger charge is -2.44. The number of hydrazine groups is 1. The highest BCUT2D eigenvalue weighted by Crippen LogP contribution is 2.44. The van der Waals surface area contributed by atoms with E-state index in [0.717, 1.165) is 5.01 Å². The van der Waals surface area contributed by atoms with Crippen LogP contribution in [0.2, 0.25) is 0 Å². The minimum absolute atomic E-state index is 0.0434. The van der Waals surface area contributed by atoms with Gasteiger partial charge in [-0.05, 0) is 52.3 Å². The van der Waals surface area contributed by atoms with Crippen molar-refractivity contribution in [3.8, 4) is 5.75 Å². The predicted molar refractivity (Wildman–Crippen MR) is 101 cm³/mol. The number of aromatic hydroxyl groups is 1. The van der Waals surface area contributed by atoms with E-state index in [1.807, 2.05) is 0 Å². The minimum Gasteiger partial charge on any atom is -0.506 e. The molecule has 1 heterocycles. The first kappa shape index (κ1) is 18.0. The van der Waals surface area contributed by atoms with Gasteiger partial charge in [-0.3, -0.25) is 15.0 Å². The van der Waals surface area contributed by atoms with E-state index >= 15 is 0 Å². The molecule has 3 rings (SSSR count). The zero-order chi connectivity index (χ0) is 18.3. The SMILES string of the molecule is Nc1ccc(C(=O)NN2C(=O)[C@H](Cl)[C@@H]2c2cc(Br)cc(Br)c2O)cc1. The van der Waals surface area contributed by atoms with Crippen molar-refractivity contribution in [3.05, 3.63) is 56.5 Å². The number of carbonyl (C=O) groups is 2. The predicted octanol–water partition coefficient (Wildman–Crippen LogP) is 3.34. The molecule has 0 aliphatic carbocycles. The number of alkyl halides is 1. The van der Waals surface area contributed by atoms with Gasteiger partial charge in [0, 0.05) is 21.3 Å². The Balaban J connectivity index is 1.87. The number of nitrogen functional groups attached to an aromatic ring is 1. The number of halogens is 3. The fourth-order valence-corrected chi connectivity index (χ4v) is 4.11. The molecule has 0 radical (unpaired) electrons. The first-order chi connectivity index (χ1) is 11.8. The third kappa shape index (κ3) is 3.33. The Labute approximate surface area is 165 Å². The summed E-state index contributed by atoms with van der Waals surface area (Å²) in [6, 6.07) is 8.90. The van der Waals surface area contributed by atoms with Crippen LogP contribution in [0.15, 0.2) is 45.3 Å². The number of nitrogens with zero attached hydrogens (tertiary/aromatic N) is 1. The molecule has 1 saturated heterocycles. The molecule has 0 aromatic heterocycles. The molecule has 6 nitrogen and oxygen atoms in total. The van der Waals surface area contributed by atoms with Crippen molar-refractivity contribution >= 4 is 61.0 Å². The molecule has 0 unspecified atom stereocenters. The largest absolute Gasteiger partial charge is 0.506 e. The van der Waals surface area contributed by atoms with Crippen LogP contribution < -0.4 is 11.2 Å². The Bertz CT molecular complexity index is 860.